The van der Waals surface area contributed by atoms with Gasteiger partial charge in [0.15, 0.2) is 0 Å². The Balaban J connectivity index is 0.000000351. The Morgan fingerprint density at radius 3 is 1.54 bits per heavy atom. The van der Waals surface area contributed by atoms with Crippen molar-refractivity contribution in [3.8, 4) is 5.75 Å². The number of hydrogen-bond acceptors (Lipinski definition) is 1. The Kier molecular flexibility index (Phi) is 5.89. The van der Waals surface area contributed by atoms with Gasteiger partial charge >= 0.3 is 33.0 Å². The molecule has 1 unspecified atom stereocenters. The average Bonchev–Trinajstić information content (AvgIpc) is 2.39. The Morgan fingerprint density at radius 1 is 0.750 bits per heavy atom. The van der Waals surface area contributed by atoms with Crippen LogP contribution in [0.2, 0.25) is 0 Å². The molecule has 0 aliphatic rings. The van der Waals surface area contributed by atoms with Crippen LogP contribution in [0.5, 0.6) is 5.75 Å². The molecule has 0 heterocycles. The average molecular weight is 390 g/mol. The molecule has 1 nitrogen and oxygen atoms in total. The molecule has 1 N–H and O–H groups in total. The van der Waals surface area contributed by atoms with Crippen molar-refractivity contribution in [1.29, 1.82) is 0 Å². The summed E-state index contributed by atoms with van der Waals surface area (Å²) in [5.41, 5.74) is 2.70. The molecule has 24 heavy (non-hydrogen) atoms. The first-order chi connectivity index (χ1) is 10.7. The van der Waals surface area contributed by atoms with Gasteiger partial charge in [-0.3, -0.25) is 0 Å². The number of rotatable bonds is 4. The summed E-state index contributed by atoms with van der Waals surface area (Å²) in [4.78, 5) is 0. The van der Waals surface area contributed by atoms with Gasteiger partial charge in [0.05, 0.1) is 6.26 Å². The van der Waals surface area contributed by atoms with Crippen molar-refractivity contribution in [3.63, 3.8) is 0 Å². The summed E-state index contributed by atoms with van der Waals surface area (Å²) in [6.45, 7) is 0. The van der Waals surface area contributed by atoms with Gasteiger partial charge in [-0.05, 0) is 23.0 Å². The van der Waals surface area contributed by atoms with E-state index in [-0.39, 0.29) is 0 Å². The van der Waals surface area contributed by atoms with Crippen LogP contribution in [0.15, 0.2) is 54.6 Å². The standard InChI is InChI=1S/C15H16OS.F6P/c1-17(11-13-5-3-2-4-6-13)12-14-7-9-15(16)10-8-14;1-7(2,3,4,5)6/h2-10H,11-12H2,1H3;/q;-1/p+1. The van der Waals surface area contributed by atoms with Crippen LogP contribution in [0.4, 0.5) is 25.2 Å². The van der Waals surface area contributed by atoms with Crippen molar-refractivity contribution in [1.82, 2.24) is 0 Å². The summed E-state index contributed by atoms with van der Waals surface area (Å²) in [7, 11) is -10.3. The minimum atomic E-state index is -10.7. The third kappa shape index (κ3) is 13.1. The third-order valence-corrected chi connectivity index (χ3v) is 4.26. The molecule has 0 amide bonds. The van der Waals surface area contributed by atoms with E-state index in [4.69, 9.17) is 0 Å². The van der Waals surface area contributed by atoms with Gasteiger partial charge in [-0.25, -0.2) is 0 Å². The number of aromatic hydroxyl groups is 1. The first-order valence-corrected chi connectivity index (χ1v) is 10.7. The van der Waals surface area contributed by atoms with Gasteiger partial charge in [-0.15, -0.1) is 0 Å². The van der Waals surface area contributed by atoms with Gasteiger partial charge in [-0.1, -0.05) is 42.5 Å². The third-order valence-electron chi connectivity index (χ3n) is 2.61. The van der Waals surface area contributed by atoms with Gasteiger partial charge in [0.2, 0.25) is 0 Å². The Morgan fingerprint density at radius 2 is 1.12 bits per heavy atom. The second-order valence-corrected chi connectivity index (χ2v) is 9.24. The molecular formula is C15H17F6OPS. The Hall–Kier alpha value is -1.40. The molecule has 2 aromatic rings. The topological polar surface area (TPSA) is 20.2 Å². The summed E-state index contributed by atoms with van der Waals surface area (Å²) in [5, 5.41) is 9.23. The van der Waals surface area contributed by atoms with E-state index in [1.165, 1.54) is 11.1 Å². The first-order valence-electron chi connectivity index (χ1n) is 6.66. The zero-order valence-electron chi connectivity index (χ0n) is 12.7. The van der Waals surface area contributed by atoms with E-state index >= 15 is 0 Å². The molecule has 0 saturated carbocycles. The quantitative estimate of drug-likeness (QED) is 0.349. The molecule has 0 aliphatic heterocycles. The van der Waals surface area contributed by atoms with E-state index in [1.807, 2.05) is 12.1 Å². The van der Waals surface area contributed by atoms with Crippen molar-refractivity contribution < 1.29 is 30.3 Å². The van der Waals surface area contributed by atoms with Crippen LogP contribution in [0.1, 0.15) is 11.1 Å². The van der Waals surface area contributed by atoms with Crippen LogP contribution in [-0.4, -0.2) is 11.4 Å². The van der Waals surface area contributed by atoms with E-state index in [1.54, 1.807) is 12.1 Å². The van der Waals surface area contributed by atoms with E-state index < -0.39 is 7.81 Å². The van der Waals surface area contributed by atoms with Crippen LogP contribution in [-0.2, 0) is 22.4 Å². The molecule has 0 spiro atoms. The number of halogens is 6. The Bertz CT molecular complexity index is 632. The molecule has 0 saturated heterocycles. The summed E-state index contributed by atoms with van der Waals surface area (Å²) in [5.74, 6) is 2.55. The van der Waals surface area contributed by atoms with Crippen LogP contribution >= 0.6 is 7.81 Å². The molecule has 2 rings (SSSR count). The van der Waals surface area contributed by atoms with Crippen molar-refractivity contribution in [2.45, 2.75) is 11.5 Å². The molecule has 9 heteroatoms. The van der Waals surface area contributed by atoms with Gasteiger partial charge in [0.25, 0.3) is 0 Å². The van der Waals surface area contributed by atoms with E-state index in [0.717, 1.165) is 11.5 Å². The Labute approximate surface area is 138 Å². The molecule has 0 aliphatic carbocycles. The summed E-state index contributed by atoms with van der Waals surface area (Å²) in [6.07, 6.45) is 2.29. The maximum atomic E-state index is 9.87. The van der Waals surface area contributed by atoms with Crippen molar-refractivity contribution in [2.75, 3.05) is 6.26 Å². The van der Waals surface area contributed by atoms with E-state index in [9.17, 15) is 30.3 Å². The maximum absolute atomic E-state index is 10.7. The SMILES string of the molecule is C[S+](Cc1ccccc1)Cc1ccc(O)cc1.F[P-](F)(F)(F)(F)F. The van der Waals surface area contributed by atoms with Crippen LogP contribution in [0.3, 0.4) is 0 Å². The van der Waals surface area contributed by atoms with Gasteiger partial charge < -0.3 is 5.11 Å². The second-order valence-electron chi connectivity index (χ2n) is 5.18. The number of phenols is 1. The summed E-state index contributed by atoms with van der Waals surface area (Å²) >= 11 is 0. The second kappa shape index (κ2) is 6.84. The fraction of sp³-hybridized carbons (Fsp3) is 0.200. The normalized spacial score (nSPS) is 15.5. The van der Waals surface area contributed by atoms with Gasteiger partial charge in [-0.2, -0.15) is 0 Å². The fourth-order valence-electron chi connectivity index (χ4n) is 1.79. The number of phenolic OH excluding ortho intramolecular Hbond substituents is 1. The van der Waals surface area contributed by atoms with E-state index in [0.29, 0.717) is 16.6 Å². The molecule has 0 radical (unpaired) electrons. The zero-order valence-corrected chi connectivity index (χ0v) is 14.4. The van der Waals surface area contributed by atoms with Gasteiger partial charge in [0.1, 0.15) is 17.3 Å². The molecule has 0 fully saturated rings. The monoisotopic (exact) mass is 390 g/mol. The minimum absolute atomic E-state index is 0.340. The van der Waals surface area contributed by atoms with Crippen LogP contribution in [0.25, 0.3) is 0 Å². The van der Waals surface area contributed by atoms with Crippen molar-refractivity contribution >= 4 is 18.7 Å². The summed E-state index contributed by atoms with van der Waals surface area (Å²) < 4.78 is 59.2. The number of hydrogen-bond donors (Lipinski definition) is 1. The van der Waals surface area contributed by atoms with Crippen LogP contribution < -0.4 is 0 Å². The molecule has 1 atom stereocenters. The zero-order chi connectivity index (χ0) is 18.5. The predicted octanol–water partition coefficient (Wildman–Crippen LogP) is 6.72. The molecule has 0 aromatic heterocycles. The first kappa shape index (κ1) is 20.6. The van der Waals surface area contributed by atoms with Crippen molar-refractivity contribution in [2.24, 2.45) is 0 Å². The van der Waals surface area contributed by atoms with Gasteiger partial charge in [0, 0.05) is 11.1 Å². The molecule has 2 aromatic carbocycles. The molecule has 0 bridgehead atoms. The predicted molar refractivity (Wildman–Crippen MR) is 88.8 cm³/mol. The van der Waals surface area contributed by atoms with Crippen molar-refractivity contribution in [3.05, 3.63) is 65.7 Å². The molecular weight excluding hydrogens is 373 g/mol. The van der Waals surface area contributed by atoms with Crippen LogP contribution in [0, 0.1) is 0 Å². The molecule has 136 valence electrons. The fourth-order valence-corrected chi connectivity index (χ4v) is 3.41. The number of benzene rings is 2. The summed E-state index contributed by atoms with van der Waals surface area (Å²) in [6, 6.07) is 18.1. The van der Waals surface area contributed by atoms with E-state index in [2.05, 4.69) is 36.6 Å².